The molecule has 2 saturated heterocycles. The molecule has 2 aromatic heterocycles. The molecule has 4 heterocycles. The van der Waals surface area contributed by atoms with Gasteiger partial charge in [0.25, 0.3) is 0 Å². The monoisotopic (exact) mass is 387 g/mol. The quantitative estimate of drug-likeness (QED) is 0.710. The van der Waals surface area contributed by atoms with E-state index < -0.39 is 0 Å². The van der Waals surface area contributed by atoms with E-state index in [1.165, 1.54) is 0 Å². The van der Waals surface area contributed by atoms with Crippen LogP contribution in [0.3, 0.4) is 0 Å². The normalized spacial score (nSPS) is 20.8. The zero-order valence-corrected chi connectivity index (χ0v) is 16.2. The molecule has 4 rings (SSSR count). The van der Waals surface area contributed by atoms with Crippen LogP contribution in [0.25, 0.3) is 5.69 Å². The van der Waals surface area contributed by atoms with Gasteiger partial charge in [-0.25, -0.2) is 0 Å². The third-order valence-corrected chi connectivity index (χ3v) is 6.09. The number of hydrogen-bond donors (Lipinski definition) is 0. The lowest BCUT2D eigenvalue weighted by Crippen LogP contribution is -2.31. The van der Waals surface area contributed by atoms with Gasteiger partial charge in [0.05, 0.1) is 24.5 Å². The van der Waals surface area contributed by atoms with Gasteiger partial charge in [-0.1, -0.05) is 18.2 Å². The fourth-order valence-corrected chi connectivity index (χ4v) is 4.60. The molecule has 0 bridgehead atoms. The number of carbonyl (C=O) groups is 1. The van der Waals surface area contributed by atoms with Crippen molar-refractivity contribution < 1.29 is 9.53 Å². The fourth-order valence-electron chi connectivity index (χ4n) is 3.56. The zero-order chi connectivity index (χ0) is 18.5. The van der Waals surface area contributed by atoms with Gasteiger partial charge in [-0.05, 0) is 37.8 Å². The van der Waals surface area contributed by atoms with Crippen molar-refractivity contribution in [2.75, 3.05) is 18.9 Å². The van der Waals surface area contributed by atoms with Gasteiger partial charge in [0.2, 0.25) is 5.91 Å². The summed E-state index contributed by atoms with van der Waals surface area (Å²) in [5.41, 5.74) is 0.926. The third kappa shape index (κ3) is 4.50. The van der Waals surface area contributed by atoms with Crippen LogP contribution >= 0.6 is 11.8 Å². The number of rotatable bonds is 6. The Bertz CT molecular complexity index is 761. The van der Waals surface area contributed by atoms with E-state index in [9.17, 15) is 4.79 Å². The molecule has 2 aliphatic heterocycles. The van der Waals surface area contributed by atoms with Crippen LogP contribution in [0.5, 0.6) is 0 Å². The summed E-state index contributed by atoms with van der Waals surface area (Å²) < 4.78 is 7.77. The minimum Gasteiger partial charge on any atom is -0.377 e. The highest BCUT2D eigenvalue weighted by atomic mass is 32.2. The van der Waals surface area contributed by atoms with Crippen molar-refractivity contribution in [2.45, 2.75) is 56.3 Å². The summed E-state index contributed by atoms with van der Waals surface area (Å²) in [4.78, 5) is 18.6. The molecule has 0 aliphatic carbocycles. The molecule has 27 heavy (non-hydrogen) atoms. The Hall–Kier alpha value is -1.93. The van der Waals surface area contributed by atoms with Gasteiger partial charge in [-0.3, -0.25) is 14.3 Å². The summed E-state index contributed by atoms with van der Waals surface area (Å²) in [7, 11) is 0. The molecule has 0 radical (unpaired) electrons. The van der Waals surface area contributed by atoms with Gasteiger partial charge in [-0.2, -0.15) is 0 Å². The first-order valence-corrected chi connectivity index (χ1v) is 10.7. The van der Waals surface area contributed by atoms with Crippen molar-refractivity contribution in [3.05, 3.63) is 30.4 Å². The van der Waals surface area contributed by atoms with Crippen molar-refractivity contribution in [2.24, 2.45) is 0 Å². The van der Waals surface area contributed by atoms with Crippen molar-refractivity contribution in [3.8, 4) is 5.69 Å². The van der Waals surface area contributed by atoms with E-state index >= 15 is 0 Å². The number of carbonyl (C=O) groups excluding carboxylic acids is 1. The molecular formula is C19H25N5O2S. The lowest BCUT2D eigenvalue weighted by atomic mass is 10.2. The van der Waals surface area contributed by atoms with Crippen molar-refractivity contribution in [1.82, 2.24) is 24.6 Å². The molecule has 1 amide bonds. The summed E-state index contributed by atoms with van der Waals surface area (Å²) in [6.07, 6.45) is 9.84. The Labute approximate surface area is 163 Å². The van der Waals surface area contributed by atoms with Crippen LogP contribution < -0.4 is 0 Å². The molecule has 8 heteroatoms. The molecule has 0 saturated carbocycles. The molecule has 0 unspecified atom stereocenters. The number of ether oxygens (including phenoxy) is 1. The Morgan fingerprint density at radius 1 is 1.22 bits per heavy atom. The maximum Gasteiger partial charge on any atom is 0.222 e. The van der Waals surface area contributed by atoms with Crippen LogP contribution in [0.4, 0.5) is 0 Å². The standard InChI is InChI=1S/C19H25N5O2S/c25-18-8-2-1-3-10-23(18)13-17-21-22-19(27-14-16-7-5-11-26-16)24(17)15-6-4-9-20-12-15/h4,6,9,12,16H,1-3,5,7-8,10-11,13-14H2/t16-/m0/s1. The predicted octanol–water partition coefficient (Wildman–Crippen LogP) is 2.84. The second kappa shape index (κ2) is 8.84. The SMILES string of the molecule is O=C1CCCCCN1Cc1nnc(SC[C@@H]2CCCO2)n1-c1cccnc1. The highest BCUT2D eigenvalue weighted by molar-refractivity contribution is 7.99. The molecule has 7 nitrogen and oxygen atoms in total. The Morgan fingerprint density at radius 3 is 3.00 bits per heavy atom. The lowest BCUT2D eigenvalue weighted by molar-refractivity contribution is -0.131. The van der Waals surface area contributed by atoms with Gasteiger partial charge in [0, 0.05) is 31.5 Å². The molecule has 2 aromatic rings. The summed E-state index contributed by atoms with van der Waals surface area (Å²) in [6, 6.07) is 3.91. The second-order valence-electron chi connectivity index (χ2n) is 7.02. The van der Waals surface area contributed by atoms with Crippen LogP contribution in [0.1, 0.15) is 44.3 Å². The number of hydrogen-bond acceptors (Lipinski definition) is 6. The van der Waals surface area contributed by atoms with Crippen LogP contribution in [0.2, 0.25) is 0 Å². The van der Waals surface area contributed by atoms with Crippen molar-refractivity contribution >= 4 is 17.7 Å². The first-order chi connectivity index (χ1) is 13.3. The maximum absolute atomic E-state index is 12.4. The smallest absolute Gasteiger partial charge is 0.222 e. The van der Waals surface area contributed by atoms with Gasteiger partial charge >= 0.3 is 0 Å². The molecule has 0 spiro atoms. The Balaban J connectivity index is 1.57. The number of thioether (sulfide) groups is 1. The number of amides is 1. The molecule has 2 fully saturated rings. The van der Waals surface area contributed by atoms with Crippen molar-refractivity contribution in [1.29, 1.82) is 0 Å². The van der Waals surface area contributed by atoms with Gasteiger partial charge in [-0.15, -0.1) is 10.2 Å². The number of aromatic nitrogens is 4. The lowest BCUT2D eigenvalue weighted by Gasteiger charge is -2.20. The van der Waals surface area contributed by atoms with Gasteiger partial charge < -0.3 is 9.64 Å². The maximum atomic E-state index is 12.4. The zero-order valence-electron chi connectivity index (χ0n) is 15.4. The van der Waals surface area contributed by atoms with E-state index in [4.69, 9.17) is 4.74 Å². The van der Waals surface area contributed by atoms with Crippen LogP contribution in [-0.4, -0.2) is 55.6 Å². The Kier molecular flexibility index (Phi) is 6.03. The van der Waals surface area contributed by atoms with Crippen LogP contribution in [0.15, 0.2) is 29.7 Å². The van der Waals surface area contributed by atoms with E-state index in [0.29, 0.717) is 13.0 Å². The highest BCUT2D eigenvalue weighted by Crippen LogP contribution is 2.26. The van der Waals surface area contributed by atoms with Gasteiger partial charge in [0.1, 0.15) is 0 Å². The van der Waals surface area contributed by atoms with E-state index in [-0.39, 0.29) is 12.0 Å². The summed E-state index contributed by atoms with van der Waals surface area (Å²) >= 11 is 1.66. The fraction of sp³-hybridized carbons (Fsp3) is 0.579. The van der Waals surface area contributed by atoms with Crippen LogP contribution in [-0.2, 0) is 16.1 Å². The van der Waals surface area contributed by atoms with E-state index in [1.807, 2.05) is 27.8 Å². The minimum absolute atomic E-state index is 0.210. The molecule has 2 aliphatic rings. The highest BCUT2D eigenvalue weighted by Gasteiger charge is 2.23. The number of likely N-dealkylation sites (tertiary alicyclic amines) is 1. The summed E-state index contributed by atoms with van der Waals surface area (Å²) in [6.45, 7) is 2.13. The first kappa shape index (κ1) is 18.4. The van der Waals surface area contributed by atoms with E-state index in [0.717, 1.165) is 67.7 Å². The molecule has 1 atom stereocenters. The average Bonchev–Trinajstić information content (AvgIpc) is 3.30. The number of pyridine rings is 1. The topological polar surface area (TPSA) is 73.1 Å². The van der Waals surface area contributed by atoms with Gasteiger partial charge in [0.15, 0.2) is 11.0 Å². The van der Waals surface area contributed by atoms with E-state index in [1.54, 1.807) is 18.0 Å². The minimum atomic E-state index is 0.210. The molecule has 144 valence electrons. The number of nitrogens with zero attached hydrogens (tertiary/aromatic N) is 5. The first-order valence-electron chi connectivity index (χ1n) is 9.68. The van der Waals surface area contributed by atoms with Crippen LogP contribution in [0, 0.1) is 0 Å². The average molecular weight is 388 g/mol. The predicted molar refractivity (Wildman–Crippen MR) is 103 cm³/mol. The second-order valence-corrected chi connectivity index (χ2v) is 8.00. The Morgan fingerprint density at radius 2 is 2.19 bits per heavy atom. The van der Waals surface area contributed by atoms with E-state index in [2.05, 4.69) is 15.2 Å². The van der Waals surface area contributed by atoms with Crippen molar-refractivity contribution in [3.63, 3.8) is 0 Å². The third-order valence-electron chi connectivity index (χ3n) is 5.03. The molecule has 0 aromatic carbocycles. The summed E-state index contributed by atoms with van der Waals surface area (Å²) in [5, 5.41) is 9.68. The molecular weight excluding hydrogens is 362 g/mol. The molecule has 0 N–H and O–H groups in total. The largest absolute Gasteiger partial charge is 0.377 e. The summed E-state index contributed by atoms with van der Waals surface area (Å²) in [5.74, 6) is 1.86.